The molecule has 4 heteroatoms. The lowest BCUT2D eigenvalue weighted by molar-refractivity contribution is -0.114. The number of hydrogen-bond donors (Lipinski definition) is 2. The summed E-state index contributed by atoms with van der Waals surface area (Å²) in [6.45, 7) is 2.46. The third-order valence-corrected chi connectivity index (χ3v) is 4.58. The summed E-state index contributed by atoms with van der Waals surface area (Å²) in [5.74, 6) is 2.18. The van der Waals surface area contributed by atoms with E-state index in [1.165, 1.54) is 19.8 Å². The van der Waals surface area contributed by atoms with Crippen LogP contribution in [0.2, 0.25) is 5.02 Å². The van der Waals surface area contributed by atoms with Gasteiger partial charge in [-0.25, -0.2) is 0 Å². The van der Waals surface area contributed by atoms with E-state index in [4.69, 9.17) is 11.6 Å². The van der Waals surface area contributed by atoms with E-state index in [0.717, 1.165) is 30.0 Å². The first kappa shape index (κ1) is 13.5. The number of benzene rings is 1. The third-order valence-electron chi connectivity index (χ3n) is 4.26. The molecule has 106 valence electrons. The maximum absolute atomic E-state index is 11.0. The maximum atomic E-state index is 11.0. The van der Waals surface area contributed by atoms with Crippen molar-refractivity contribution in [3.05, 3.63) is 35.4 Å². The Hall–Kier alpha value is -1.48. The fourth-order valence-corrected chi connectivity index (χ4v) is 3.52. The van der Waals surface area contributed by atoms with Gasteiger partial charge in [-0.1, -0.05) is 23.8 Å². The van der Waals surface area contributed by atoms with Crippen molar-refractivity contribution < 1.29 is 4.79 Å². The Morgan fingerprint density at radius 3 is 2.80 bits per heavy atom. The average Bonchev–Trinajstić information content (AvgIpc) is 3.01. The van der Waals surface area contributed by atoms with Gasteiger partial charge < -0.3 is 10.6 Å². The highest BCUT2D eigenvalue weighted by Crippen LogP contribution is 2.43. The third kappa shape index (κ3) is 2.83. The topological polar surface area (TPSA) is 41.1 Å². The summed E-state index contributed by atoms with van der Waals surface area (Å²) in [4.78, 5) is 11.0. The molecule has 2 aliphatic carbocycles. The van der Waals surface area contributed by atoms with Gasteiger partial charge in [-0.2, -0.15) is 0 Å². The van der Waals surface area contributed by atoms with Crippen LogP contribution in [0.5, 0.6) is 0 Å². The number of carbonyl (C=O) groups is 1. The minimum absolute atomic E-state index is 0.110. The first-order valence-electron chi connectivity index (χ1n) is 7.11. The SMILES string of the molecule is CC(=O)Nc1ccc(NCC2CC3C=CC2C3)cc1Cl. The highest BCUT2D eigenvalue weighted by Gasteiger charge is 2.35. The molecule has 0 aromatic heterocycles. The number of amides is 1. The molecule has 0 aliphatic heterocycles. The molecular formula is C16H19ClN2O. The van der Waals surface area contributed by atoms with Crippen molar-refractivity contribution >= 4 is 28.9 Å². The van der Waals surface area contributed by atoms with E-state index in [9.17, 15) is 4.79 Å². The zero-order chi connectivity index (χ0) is 14.1. The van der Waals surface area contributed by atoms with Gasteiger partial charge in [0.05, 0.1) is 10.7 Å². The van der Waals surface area contributed by atoms with Gasteiger partial charge in [-0.15, -0.1) is 0 Å². The lowest BCUT2D eigenvalue weighted by atomic mass is 9.93. The highest BCUT2D eigenvalue weighted by molar-refractivity contribution is 6.34. The minimum Gasteiger partial charge on any atom is -0.385 e. The fraction of sp³-hybridized carbons (Fsp3) is 0.438. The monoisotopic (exact) mass is 290 g/mol. The van der Waals surface area contributed by atoms with E-state index in [-0.39, 0.29) is 5.91 Å². The highest BCUT2D eigenvalue weighted by atomic mass is 35.5. The van der Waals surface area contributed by atoms with E-state index in [0.29, 0.717) is 10.7 Å². The molecule has 20 heavy (non-hydrogen) atoms. The van der Waals surface area contributed by atoms with Gasteiger partial charge in [0.25, 0.3) is 0 Å². The molecule has 1 aromatic carbocycles. The van der Waals surface area contributed by atoms with E-state index < -0.39 is 0 Å². The molecule has 1 saturated carbocycles. The Morgan fingerprint density at radius 1 is 1.35 bits per heavy atom. The number of rotatable bonds is 4. The average molecular weight is 291 g/mol. The maximum Gasteiger partial charge on any atom is 0.221 e. The predicted molar refractivity (Wildman–Crippen MR) is 83.1 cm³/mol. The summed E-state index contributed by atoms with van der Waals surface area (Å²) in [7, 11) is 0. The van der Waals surface area contributed by atoms with Gasteiger partial charge in [0.1, 0.15) is 0 Å². The van der Waals surface area contributed by atoms with Crippen molar-refractivity contribution in [2.24, 2.45) is 17.8 Å². The summed E-state index contributed by atoms with van der Waals surface area (Å²) < 4.78 is 0. The van der Waals surface area contributed by atoms with Crippen LogP contribution in [0.15, 0.2) is 30.4 Å². The standard InChI is InChI=1S/C16H19ClN2O/c1-10(20)19-16-5-4-14(8-15(16)17)18-9-13-7-11-2-3-12(13)6-11/h2-5,8,11-13,18H,6-7,9H2,1H3,(H,19,20). The van der Waals surface area contributed by atoms with E-state index >= 15 is 0 Å². The second-order valence-electron chi connectivity index (χ2n) is 5.80. The number of carbonyl (C=O) groups excluding carboxylic acids is 1. The van der Waals surface area contributed by atoms with Crippen molar-refractivity contribution in [3.63, 3.8) is 0 Å². The Balaban J connectivity index is 1.59. The van der Waals surface area contributed by atoms with Crippen molar-refractivity contribution in [3.8, 4) is 0 Å². The van der Waals surface area contributed by atoms with Crippen LogP contribution < -0.4 is 10.6 Å². The Morgan fingerprint density at radius 2 is 2.20 bits per heavy atom. The predicted octanol–water partition coefficient (Wildman–Crippen LogP) is 3.92. The lowest BCUT2D eigenvalue weighted by Crippen LogP contribution is -2.18. The molecular weight excluding hydrogens is 272 g/mol. The molecule has 2 N–H and O–H groups in total. The van der Waals surface area contributed by atoms with Gasteiger partial charge in [-0.3, -0.25) is 4.79 Å². The van der Waals surface area contributed by atoms with Crippen LogP contribution >= 0.6 is 11.6 Å². The Labute approximate surface area is 124 Å². The second-order valence-corrected chi connectivity index (χ2v) is 6.20. The molecule has 1 amide bonds. The molecule has 2 aliphatic rings. The summed E-state index contributed by atoms with van der Waals surface area (Å²) in [5.41, 5.74) is 1.67. The summed E-state index contributed by atoms with van der Waals surface area (Å²) in [6, 6.07) is 5.67. The number of hydrogen-bond acceptors (Lipinski definition) is 2. The smallest absolute Gasteiger partial charge is 0.221 e. The van der Waals surface area contributed by atoms with Gasteiger partial charge in [0, 0.05) is 19.2 Å². The lowest BCUT2D eigenvalue weighted by Gasteiger charge is -2.19. The fourth-order valence-electron chi connectivity index (χ4n) is 3.29. The van der Waals surface area contributed by atoms with Crippen LogP contribution in [-0.2, 0) is 4.79 Å². The molecule has 1 fully saturated rings. The van der Waals surface area contributed by atoms with Crippen molar-refractivity contribution in [1.82, 2.24) is 0 Å². The first-order valence-corrected chi connectivity index (χ1v) is 7.49. The van der Waals surface area contributed by atoms with Gasteiger partial charge in [0.2, 0.25) is 5.91 Å². The number of nitrogens with one attached hydrogen (secondary N) is 2. The number of anilines is 2. The van der Waals surface area contributed by atoms with Crippen LogP contribution in [0.3, 0.4) is 0 Å². The van der Waals surface area contributed by atoms with Gasteiger partial charge in [0.15, 0.2) is 0 Å². The van der Waals surface area contributed by atoms with Gasteiger partial charge >= 0.3 is 0 Å². The molecule has 0 spiro atoms. The Kier molecular flexibility index (Phi) is 3.70. The zero-order valence-electron chi connectivity index (χ0n) is 11.5. The molecule has 3 unspecified atom stereocenters. The van der Waals surface area contributed by atoms with E-state index in [2.05, 4.69) is 22.8 Å². The molecule has 3 atom stereocenters. The number of halogens is 1. The van der Waals surface area contributed by atoms with Crippen LogP contribution in [0.4, 0.5) is 11.4 Å². The Bertz CT molecular complexity index is 555. The van der Waals surface area contributed by atoms with Crippen LogP contribution in [0.25, 0.3) is 0 Å². The minimum atomic E-state index is -0.110. The first-order chi connectivity index (χ1) is 9.61. The molecule has 3 nitrogen and oxygen atoms in total. The normalized spacial score (nSPS) is 26.8. The van der Waals surface area contributed by atoms with Crippen molar-refractivity contribution in [1.29, 1.82) is 0 Å². The summed E-state index contributed by atoms with van der Waals surface area (Å²) in [5, 5.41) is 6.74. The van der Waals surface area contributed by atoms with Crippen LogP contribution in [0, 0.1) is 17.8 Å². The molecule has 2 bridgehead atoms. The zero-order valence-corrected chi connectivity index (χ0v) is 12.3. The van der Waals surface area contributed by atoms with Crippen molar-refractivity contribution in [2.75, 3.05) is 17.2 Å². The molecule has 0 saturated heterocycles. The summed E-state index contributed by atoms with van der Waals surface area (Å²) >= 11 is 6.17. The molecule has 1 aromatic rings. The van der Waals surface area contributed by atoms with Crippen molar-refractivity contribution in [2.45, 2.75) is 19.8 Å². The summed E-state index contributed by atoms with van der Waals surface area (Å²) in [6.07, 6.45) is 7.36. The molecule has 3 rings (SSSR count). The second kappa shape index (κ2) is 5.49. The van der Waals surface area contributed by atoms with Gasteiger partial charge in [-0.05, 0) is 48.8 Å². The molecule has 0 heterocycles. The largest absolute Gasteiger partial charge is 0.385 e. The number of fused-ring (bicyclic) bond motifs is 2. The number of allylic oxidation sites excluding steroid dienone is 2. The van der Waals surface area contributed by atoms with Crippen LogP contribution in [0.1, 0.15) is 19.8 Å². The quantitative estimate of drug-likeness (QED) is 0.825. The van der Waals surface area contributed by atoms with E-state index in [1.54, 1.807) is 0 Å². The van der Waals surface area contributed by atoms with E-state index in [1.807, 2.05) is 18.2 Å². The molecule has 0 radical (unpaired) electrons. The van der Waals surface area contributed by atoms with Crippen LogP contribution in [-0.4, -0.2) is 12.5 Å².